The normalized spacial score (nSPS) is 13.8. The lowest BCUT2D eigenvalue weighted by Crippen LogP contribution is -2.58. The van der Waals surface area contributed by atoms with E-state index in [2.05, 4.69) is 28.6 Å². The van der Waals surface area contributed by atoms with Gasteiger partial charge < -0.3 is 42.7 Å². The molecule has 14 heteroatoms. The molecule has 10 N–H and O–H groups in total. The number of primary amides is 1. The molecular formula is C25H31N5O8S. The standard InChI is InChI=1S/C25H31N5O8S/c26-17(11-21(27)33)22(34)30-20(12-39)24(36)28-18(9-13-1-5-15(31)6-2-13)23(35)29-19(25(37)38)10-14-3-7-16(32)8-4-14/h1-8,17-20,31-32,39H,9-12,26H2,(H2,27,33)(H,28,36)(H,29,35)(H,30,34)(H,37,38). The number of amides is 4. The lowest BCUT2D eigenvalue weighted by molar-refractivity contribution is -0.142. The zero-order valence-corrected chi connectivity index (χ0v) is 21.6. The third kappa shape index (κ3) is 10.2. The lowest BCUT2D eigenvalue weighted by atomic mass is 10.0. The van der Waals surface area contributed by atoms with Gasteiger partial charge in [0.2, 0.25) is 23.6 Å². The summed E-state index contributed by atoms with van der Waals surface area (Å²) in [7, 11) is 0. The molecule has 0 saturated carbocycles. The highest BCUT2D eigenvalue weighted by atomic mass is 32.1. The molecule has 2 rings (SSSR count). The summed E-state index contributed by atoms with van der Waals surface area (Å²) in [5.74, 6) is -4.81. The molecule has 13 nitrogen and oxygen atoms in total. The molecule has 0 saturated heterocycles. The van der Waals surface area contributed by atoms with Crippen LogP contribution in [-0.2, 0) is 36.8 Å². The zero-order valence-electron chi connectivity index (χ0n) is 20.7. The highest BCUT2D eigenvalue weighted by Gasteiger charge is 2.30. The maximum Gasteiger partial charge on any atom is 0.326 e. The fourth-order valence-corrected chi connectivity index (χ4v) is 3.73. The number of phenols is 2. The average Bonchev–Trinajstić information content (AvgIpc) is 2.88. The van der Waals surface area contributed by atoms with E-state index in [4.69, 9.17) is 11.5 Å². The maximum atomic E-state index is 13.2. The number of thiol groups is 1. The van der Waals surface area contributed by atoms with Crippen LogP contribution in [0.5, 0.6) is 11.5 Å². The lowest BCUT2D eigenvalue weighted by Gasteiger charge is -2.24. The number of benzene rings is 2. The second kappa shape index (κ2) is 14.6. The Balaban J connectivity index is 2.21. The van der Waals surface area contributed by atoms with Crippen LogP contribution < -0.4 is 27.4 Å². The van der Waals surface area contributed by atoms with Crippen molar-refractivity contribution in [2.24, 2.45) is 11.5 Å². The van der Waals surface area contributed by atoms with Crippen molar-refractivity contribution in [3.05, 3.63) is 59.7 Å². The summed E-state index contributed by atoms with van der Waals surface area (Å²) in [6, 6.07) is 6.38. The van der Waals surface area contributed by atoms with Crippen molar-refractivity contribution in [2.75, 3.05) is 5.75 Å². The van der Waals surface area contributed by atoms with Gasteiger partial charge in [-0.1, -0.05) is 24.3 Å². The third-order valence-electron chi connectivity index (χ3n) is 5.57. The first-order valence-electron chi connectivity index (χ1n) is 11.7. The minimum atomic E-state index is -1.37. The predicted octanol–water partition coefficient (Wildman–Crippen LogP) is -1.45. The molecule has 0 aromatic heterocycles. The average molecular weight is 562 g/mol. The molecule has 0 radical (unpaired) electrons. The first kappa shape index (κ1) is 30.9. The number of phenolic OH excluding ortho intramolecular Hbond substituents is 2. The highest BCUT2D eigenvalue weighted by molar-refractivity contribution is 7.80. The molecule has 2 aromatic carbocycles. The molecule has 0 aliphatic rings. The molecule has 4 atom stereocenters. The Morgan fingerprint density at radius 1 is 0.718 bits per heavy atom. The Hall–Kier alpha value is -4.30. The number of nitrogens with one attached hydrogen (secondary N) is 3. The highest BCUT2D eigenvalue weighted by Crippen LogP contribution is 2.14. The van der Waals surface area contributed by atoms with Gasteiger partial charge in [0, 0.05) is 18.6 Å². The summed E-state index contributed by atoms with van der Waals surface area (Å²) < 4.78 is 0. The van der Waals surface area contributed by atoms with Crippen molar-refractivity contribution < 1.29 is 39.3 Å². The largest absolute Gasteiger partial charge is 0.508 e. The first-order valence-corrected chi connectivity index (χ1v) is 12.4. The van der Waals surface area contributed by atoms with E-state index in [9.17, 15) is 39.3 Å². The van der Waals surface area contributed by atoms with Crippen molar-refractivity contribution in [1.29, 1.82) is 0 Å². The van der Waals surface area contributed by atoms with Crippen molar-refractivity contribution in [3.63, 3.8) is 0 Å². The summed E-state index contributed by atoms with van der Waals surface area (Å²) in [4.78, 5) is 61.4. The van der Waals surface area contributed by atoms with Crippen LogP contribution in [0.25, 0.3) is 0 Å². The third-order valence-corrected chi connectivity index (χ3v) is 5.94. The molecule has 39 heavy (non-hydrogen) atoms. The van der Waals surface area contributed by atoms with E-state index in [0.29, 0.717) is 11.1 Å². The maximum absolute atomic E-state index is 13.2. The second-order valence-electron chi connectivity index (χ2n) is 8.72. The number of carboxylic acid groups (broad SMARTS) is 1. The van der Waals surface area contributed by atoms with Crippen molar-refractivity contribution in [3.8, 4) is 11.5 Å². The summed E-state index contributed by atoms with van der Waals surface area (Å²) >= 11 is 4.07. The fourth-order valence-electron chi connectivity index (χ4n) is 3.47. The van der Waals surface area contributed by atoms with E-state index in [-0.39, 0.29) is 30.1 Å². The minimum absolute atomic E-state index is 0.00671. The topological polar surface area (TPSA) is 234 Å². The molecule has 0 fully saturated rings. The van der Waals surface area contributed by atoms with Gasteiger partial charge in [-0.3, -0.25) is 19.2 Å². The van der Waals surface area contributed by atoms with Gasteiger partial charge in [0.15, 0.2) is 0 Å². The van der Waals surface area contributed by atoms with E-state index >= 15 is 0 Å². The molecule has 2 aromatic rings. The number of aromatic hydroxyl groups is 2. The quantitative estimate of drug-likeness (QED) is 0.123. The number of rotatable bonds is 14. The van der Waals surface area contributed by atoms with Crippen LogP contribution in [0, 0.1) is 0 Å². The number of hydrogen-bond donors (Lipinski definition) is 9. The van der Waals surface area contributed by atoms with Crippen molar-refractivity contribution >= 4 is 42.2 Å². The number of hydrogen-bond acceptors (Lipinski definition) is 9. The van der Waals surface area contributed by atoms with Gasteiger partial charge in [-0.25, -0.2) is 4.79 Å². The van der Waals surface area contributed by atoms with Gasteiger partial charge in [0.1, 0.15) is 29.6 Å². The summed E-state index contributed by atoms with van der Waals surface area (Å²) in [5.41, 5.74) is 11.7. The predicted molar refractivity (Wildman–Crippen MR) is 143 cm³/mol. The molecule has 0 aliphatic heterocycles. The van der Waals surface area contributed by atoms with Gasteiger partial charge in [-0.05, 0) is 35.4 Å². The van der Waals surface area contributed by atoms with Gasteiger partial charge in [0.25, 0.3) is 0 Å². The number of carboxylic acids is 1. The Kier molecular flexibility index (Phi) is 11.6. The Morgan fingerprint density at radius 2 is 1.13 bits per heavy atom. The van der Waals surface area contributed by atoms with Crippen LogP contribution in [0.4, 0.5) is 0 Å². The Morgan fingerprint density at radius 3 is 1.56 bits per heavy atom. The van der Waals surface area contributed by atoms with E-state index in [1.807, 2.05) is 0 Å². The summed E-state index contributed by atoms with van der Waals surface area (Å²) in [6.45, 7) is 0. The van der Waals surface area contributed by atoms with Crippen LogP contribution >= 0.6 is 12.6 Å². The Bertz CT molecular complexity index is 1180. The van der Waals surface area contributed by atoms with Crippen LogP contribution in [0.2, 0.25) is 0 Å². The molecule has 210 valence electrons. The fraction of sp³-hybridized carbons (Fsp3) is 0.320. The summed E-state index contributed by atoms with van der Waals surface area (Å²) in [6.07, 6.45) is -0.637. The SMILES string of the molecule is NC(=O)CC(N)C(=O)NC(CS)C(=O)NC(Cc1ccc(O)cc1)C(=O)NC(Cc1ccc(O)cc1)C(=O)O. The molecule has 4 amide bonds. The number of aliphatic carboxylic acids is 1. The molecule has 0 heterocycles. The van der Waals surface area contributed by atoms with E-state index in [1.165, 1.54) is 48.5 Å². The van der Waals surface area contributed by atoms with Gasteiger partial charge >= 0.3 is 5.97 Å². The number of carbonyl (C=O) groups is 5. The number of carbonyl (C=O) groups excluding carboxylic acids is 4. The smallest absolute Gasteiger partial charge is 0.326 e. The molecular weight excluding hydrogens is 530 g/mol. The van der Waals surface area contributed by atoms with Crippen LogP contribution in [0.1, 0.15) is 17.5 Å². The number of nitrogens with two attached hydrogens (primary N) is 2. The van der Waals surface area contributed by atoms with Crippen LogP contribution in [-0.4, -0.2) is 74.8 Å². The van der Waals surface area contributed by atoms with Crippen LogP contribution in [0.15, 0.2) is 48.5 Å². The first-order chi connectivity index (χ1) is 18.4. The molecule has 4 unspecified atom stereocenters. The zero-order chi connectivity index (χ0) is 29.1. The molecule has 0 spiro atoms. The molecule has 0 bridgehead atoms. The molecule has 0 aliphatic carbocycles. The van der Waals surface area contributed by atoms with E-state index in [1.54, 1.807) is 0 Å². The van der Waals surface area contributed by atoms with Crippen LogP contribution in [0.3, 0.4) is 0 Å². The second-order valence-corrected chi connectivity index (χ2v) is 9.09. The monoisotopic (exact) mass is 561 g/mol. The van der Waals surface area contributed by atoms with Gasteiger partial charge in [-0.2, -0.15) is 12.6 Å². The van der Waals surface area contributed by atoms with Crippen molar-refractivity contribution in [1.82, 2.24) is 16.0 Å². The van der Waals surface area contributed by atoms with E-state index < -0.39 is 60.2 Å². The van der Waals surface area contributed by atoms with Gasteiger partial charge in [0.05, 0.1) is 12.5 Å². The summed E-state index contributed by atoms with van der Waals surface area (Å²) in [5, 5.41) is 35.9. The van der Waals surface area contributed by atoms with Crippen molar-refractivity contribution in [2.45, 2.75) is 43.4 Å². The van der Waals surface area contributed by atoms with Gasteiger partial charge in [-0.15, -0.1) is 0 Å². The Labute approximate surface area is 229 Å². The van der Waals surface area contributed by atoms with E-state index in [0.717, 1.165) is 0 Å². The minimum Gasteiger partial charge on any atom is -0.508 e.